The van der Waals surface area contributed by atoms with Crippen LogP contribution in [0.5, 0.6) is 11.5 Å². The first-order valence-corrected chi connectivity index (χ1v) is 4.27. The molecule has 0 aliphatic carbocycles. The van der Waals surface area contributed by atoms with Crippen LogP contribution in [0.4, 0.5) is 0 Å². The summed E-state index contributed by atoms with van der Waals surface area (Å²) in [5, 5.41) is 0.991. The fourth-order valence-corrected chi connectivity index (χ4v) is 1.36. The zero-order valence-corrected chi connectivity index (χ0v) is 8.11. The summed E-state index contributed by atoms with van der Waals surface area (Å²) in [5.74, 6) is 1.39. The van der Waals surface area contributed by atoms with Gasteiger partial charge in [-0.05, 0) is 6.07 Å². The lowest BCUT2D eigenvalue weighted by atomic mass is 10.2. The van der Waals surface area contributed by atoms with Crippen molar-refractivity contribution in [2.45, 2.75) is 0 Å². The highest BCUT2D eigenvalue weighted by Crippen LogP contribution is 2.31. The molecule has 1 heterocycles. The number of hydrogen-bond acceptors (Lipinski definition) is 2. The number of hydrogen-bond donors (Lipinski definition) is 0. The minimum Gasteiger partial charge on any atom is -0.493 e. The van der Waals surface area contributed by atoms with Gasteiger partial charge in [0.15, 0.2) is 11.5 Å². The molecule has 0 aliphatic heterocycles. The van der Waals surface area contributed by atoms with Crippen molar-refractivity contribution in [2.24, 2.45) is 0 Å². The van der Waals surface area contributed by atoms with E-state index in [2.05, 4.69) is 0 Å². The summed E-state index contributed by atoms with van der Waals surface area (Å²) < 4.78 is 15.7. The predicted molar refractivity (Wildman–Crippen MR) is 53.7 cm³/mol. The molecule has 0 radical (unpaired) electrons. The second-order valence-corrected chi connectivity index (χ2v) is 2.86. The molecule has 0 spiro atoms. The largest absolute Gasteiger partial charge is 0.493 e. The summed E-state index contributed by atoms with van der Waals surface area (Å²) in [6, 6.07) is 7.50. The molecule has 0 amide bonds. The van der Waals surface area contributed by atoms with E-state index in [9.17, 15) is 0 Å². The predicted octanol–water partition coefficient (Wildman–Crippen LogP) is 2.73. The minimum absolute atomic E-state index is 0.676. The van der Waals surface area contributed by atoms with Gasteiger partial charge < -0.3 is 9.47 Å². The van der Waals surface area contributed by atoms with E-state index >= 15 is 0 Å². The molecule has 1 aromatic carbocycles. The quantitative estimate of drug-likeness (QED) is 0.683. The van der Waals surface area contributed by atoms with Crippen molar-refractivity contribution in [2.75, 3.05) is 14.2 Å². The molecule has 72 valence electrons. The van der Waals surface area contributed by atoms with Gasteiger partial charge in [0, 0.05) is 12.1 Å². The molecule has 14 heavy (non-hydrogen) atoms. The Morgan fingerprint density at radius 2 is 1.79 bits per heavy atom. The Labute approximate surface area is 81.9 Å². The van der Waals surface area contributed by atoms with E-state index < -0.39 is 0 Å². The van der Waals surface area contributed by atoms with Gasteiger partial charge in [0.05, 0.1) is 25.7 Å². The van der Waals surface area contributed by atoms with Crippen molar-refractivity contribution in [1.82, 2.24) is 0 Å². The van der Waals surface area contributed by atoms with Gasteiger partial charge in [-0.25, -0.2) is 4.42 Å². The van der Waals surface area contributed by atoms with E-state index in [0.29, 0.717) is 11.5 Å². The van der Waals surface area contributed by atoms with Crippen LogP contribution >= 0.6 is 0 Å². The van der Waals surface area contributed by atoms with E-state index in [0.717, 1.165) is 11.0 Å². The van der Waals surface area contributed by atoms with Gasteiger partial charge in [0.1, 0.15) is 0 Å². The lowest BCUT2D eigenvalue weighted by Gasteiger charge is -2.05. The smallest absolute Gasteiger partial charge is 0.363 e. The van der Waals surface area contributed by atoms with Crippen LogP contribution in [0.1, 0.15) is 0 Å². The van der Waals surface area contributed by atoms with Crippen molar-refractivity contribution in [3.8, 4) is 11.5 Å². The number of fused-ring (bicyclic) bond motifs is 1. The maximum Gasteiger partial charge on any atom is 0.363 e. The number of ether oxygens (including phenoxy) is 2. The van der Waals surface area contributed by atoms with Crippen LogP contribution in [0, 0.1) is 0 Å². The third-order valence-corrected chi connectivity index (χ3v) is 2.07. The third kappa shape index (κ3) is 1.37. The highest BCUT2D eigenvalue weighted by atomic mass is 16.5. The first kappa shape index (κ1) is 8.81. The first-order chi connectivity index (χ1) is 6.85. The Bertz CT molecular complexity index is 409. The number of rotatable bonds is 2. The van der Waals surface area contributed by atoms with Crippen LogP contribution in [0.15, 0.2) is 34.9 Å². The molecular formula is C11H11O3+. The zero-order valence-electron chi connectivity index (χ0n) is 8.11. The fraction of sp³-hybridized carbons (Fsp3) is 0.182. The third-order valence-electron chi connectivity index (χ3n) is 2.07. The van der Waals surface area contributed by atoms with Crippen LogP contribution in [0.25, 0.3) is 11.0 Å². The van der Waals surface area contributed by atoms with Gasteiger partial charge in [0.25, 0.3) is 0 Å². The molecule has 3 heteroatoms. The Hall–Kier alpha value is -1.77. The van der Waals surface area contributed by atoms with Crippen molar-refractivity contribution in [3.63, 3.8) is 0 Å². The van der Waals surface area contributed by atoms with Crippen LogP contribution in [0.3, 0.4) is 0 Å². The van der Waals surface area contributed by atoms with Crippen molar-refractivity contribution >= 4 is 11.0 Å². The van der Waals surface area contributed by atoms with E-state index in [4.69, 9.17) is 13.9 Å². The van der Waals surface area contributed by atoms with E-state index in [-0.39, 0.29) is 0 Å². The maximum absolute atomic E-state index is 5.32. The Balaban J connectivity index is 2.69. The highest BCUT2D eigenvalue weighted by Gasteiger charge is 2.11. The van der Waals surface area contributed by atoms with Gasteiger partial charge >= 0.3 is 11.8 Å². The molecule has 0 aliphatic rings. The minimum atomic E-state index is 0.676. The maximum atomic E-state index is 5.32. The van der Waals surface area contributed by atoms with Crippen molar-refractivity contribution in [3.05, 3.63) is 30.5 Å². The molecule has 0 atom stereocenters. The van der Waals surface area contributed by atoms with Crippen LogP contribution in [0.2, 0.25) is 0 Å². The molecule has 0 saturated carbocycles. The first-order valence-electron chi connectivity index (χ1n) is 4.27. The molecule has 0 N–H and O–H groups in total. The average molecular weight is 191 g/mol. The Morgan fingerprint density at radius 3 is 2.50 bits per heavy atom. The van der Waals surface area contributed by atoms with Crippen LogP contribution in [-0.4, -0.2) is 14.2 Å². The van der Waals surface area contributed by atoms with E-state index in [1.54, 1.807) is 20.5 Å². The van der Waals surface area contributed by atoms with E-state index in [1.165, 1.54) is 0 Å². The molecular weight excluding hydrogens is 180 g/mol. The second kappa shape index (κ2) is 3.54. The van der Waals surface area contributed by atoms with Gasteiger partial charge in [-0.3, -0.25) is 0 Å². The molecule has 2 rings (SSSR count). The fourth-order valence-electron chi connectivity index (χ4n) is 1.36. The van der Waals surface area contributed by atoms with E-state index in [1.807, 2.05) is 24.3 Å². The van der Waals surface area contributed by atoms with Gasteiger partial charge in [-0.2, -0.15) is 0 Å². The molecule has 3 nitrogen and oxygen atoms in total. The van der Waals surface area contributed by atoms with Crippen LogP contribution < -0.4 is 9.47 Å². The second-order valence-electron chi connectivity index (χ2n) is 2.86. The highest BCUT2D eigenvalue weighted by molar-refractivity contribution is 5.80. The SMILES string of the molecule is COc1cc2ccc[o+]c2cc1OC. The average Bonchev–Trinajstić information content (AvgIpc) is 2.27. The monoisotopic (exact) mass is 191 g/mol. The summed E-state index contributed by atoms with van der Waals surface area (Å²) in [6.45, 7) is 0. The normalized spacial score (nSPS) is 10.1. The standard InChI is InChI=1S/C11H11O3/c1-12-10-6-8-4-3-5-14-9(8)7-11(10)13-2/h3-7H,1-2H3/q+1. The molecule has 2 aromatic rings. The van der Waals surface area contributed by atoms with Crippen molar-refractivity contribution < 1.29 is 13.9 Å². The lowest BCUT2D eigenvalue weighted by molar-refractivity contribution is 0.355. The summed E-state index contributed by atoms with van der Waals surface area (Å²) in [4.78, 5) is 0. The topological polar surface area (TPSA) is 29.8 Å². The Kier molecular flexibility index (Phi) is 2.23. The molecule has 0 bridgehead atoms. The summed E-state index contributed by atoms with van der Waals surface area (Å²) in [6.07, 6.45) is 1.63. The number of benzene rings is 1. The van der Waals surface area contributed by atoms with Gasteiger partial charge in [-0.15, -0.1) is 0 Å². The summed E-state index contributed by atoms with van der Waals surface area (Å²) >= 11 is 0. The van der Waals surface area contributed by atoms with Gasteiger partial charge in [-0.1, -0.05) is 0 Å². The molecule has 0 unspecified atom stereocenters. The van der Waals surface area contributed by atoms with Crippen LogP contribution in [-0.2, 0) is 0 Å². The number of methoxy groups -OCH3 is 2. The van der Waals surface area contributed by atoms with Crippen molar-refractivity contribution in [1.29, 1.82) is 0 Å². The zero-order chi connectivity index (χ0) is 9.97. The van der Waals surface area contributed by atoms with Gasteiger partial charge in [0.2, 0.25) is 0 Å². The summed E-state index contributed by atoms with van der Waals surface area (Å²) in [7, 11) is 3.22. The molecule has 0 saturated heterocycles. The summed E-state index contributed by atoms with van der Waals surface area (Å²) in [5.41, 5.74) is 0.783. The Morgan fingerprint density at radius 1 is 1.07 bits per heavy atom. The molecule has 0 fully saturated rings. The molecule has 1 aromatic heterocycles. The lowest BCUT2D eigenvalue weighted by Crippen LogP contribution is -1.90.